The zero-order valence-corrected chi connectivity index (χ0v) is 16.8. The molecule has 1 N–H and O–H groups in total. The first kappa shape index (κ1) is 19.7. The maximum atomic E-state index is 12.5. The van der Waals surface area contributed by atoms with Crippen LogP contribution >= 0.6 is 0 Å². The molecule has 0 saturated carbocycles. The molecular weight excluding hydrogens is 340 g/mol. The van der Waals surface area contributed by atoms with Crippen molar-refractivity contribution in [1.82, 2.24) is 9.80 Å². The minimum absolute atomic E-state index is 0.00281. The number of aryl methyl sites for hydroxylation is 1. The number of rotatable bonds is 5. The summed E-state index contributed by atoms with van der Waals surface area (Å²) in [4.78, 5) is 30.9. The van der Waals surface area contributed by atoms with E-state index in [1.165, 1.54) is 18.5 Å². The van der Waals surface area contributed by atoms with Crippen LogP contribution in [-0.4, -0.2) is 68.4 Å². The van der Waals surface area contributed by atoms with E-state index in [0.29, 0.717) is 13.1 Å². The first-order valence-corrected chi connectivity index (χ1v) is 10.0. The van der Waals surface area contributed by atoms with Gasteiger partial charge in [-0.1, -0.05) is 0 Å². The van der Waals surface area contributed by atoms with Gasteiger partial charge in [-0.25, -0.2) is 0 Å². The molecule has 6 nitrogen and oxygen atoms in total. The van der Waals surface area contributed by atoms with Crippen LogP contribution in [0.15, 0.2) is 18.2 Å². The fourth-order valence-corrected chi connectivity index (χ4v) is 4.12. The van der Waals surface area contributed by atoms with E-state index in [1.54, 1.807) is 19.0 Å². The first-order chi connectivity index (χ1) is 12.9. The number of nitrogens with zero attached hydrogens (tertiary/aromatic N) is 3. The highest BCUT2D eigenvalue weighted by Gasteiger charge is 2.27. The average molecular weight is 373 g/mol. The van der Waals surface area contributed by atoms with Gasteiger partial charge in [0.15, 0.2) is 0 Å². The van der Waals surface area contributed by atoms with Crippen molar-refractivity contribution in [3.05, 3.63) is 23.8 Å². The molecule has 2 saturated heterocycles. The standard InChI is InChI=1S/C21H32N4O2/c1-16-13-18(25-11-4-5-12-25)8-9-19(16)22-20(26)15-24-10-6-7-17(14-24)21(27)23(2)3/h8-9,13,17H,4-7,10-12,14-15H2,1-3H3,(H,22,26). The van der Waals surface area contributed by atoms with Crippen LogP contribution in [0, 0.1) is 12.8 Å². The predicted molar refractivity (Wildman–Crippen MR) is 109 cm³/mol. The van der Waals surface area contributed by atoms with Crippen molar-refractivity contribution in [2.45, 2.75) is 32.6 Å². The lowest BCUT2D eigenvalue weighted by Gasteiger charge is -2.32. The average Bonchev–Trinajstić information content (AvgIpc) is 3.17. The Morgan fingerprint density at radius 2 is 1.89 bits per heavy atom. The summed E-state index contributed by atoms with van der Waals surface area (Å²) >= 11 is 0. The molecule has 2 aliphatic heterocycles. The molecule has 27 heavy (non-hydrogen) atoms. The van der Waals surface area contributed by atoms with Gasteiger partial charge in [0.05, 0.1) is 12.5 Å². The van der Waals surface area contributed by atoms with Gasteiger partial charge in [-0.2, -0.15) is 0 Å². The van der Waals surface area contributed by atoms with E-state index in [9.17, 15) is 9.59 Å². The first-order valence-electron chi connectivity index (χ1n) is 10.0. The van der Waals surface area contributed by atoms with Crippen molar-refractivity contribution >= 4 is 23.2 Å². The third kappa shape index (κ3) is 5.01. The molecule has 2 heterocycles. The second kappa shape index (κ2) is 8.74. The summed E-state index contributed by atoms with van der Waals surface area (Å²) in [5.74, 6) is 0.154. The lowest BCUT2D eigenvalue weighted by molar-refractivity contribution is -0.135. The molecule has 0 spiro atoms. The molecule has 1 aromatic rings. The molecule has 0 radical (unpaired) electrons. The maximum Gasteiger partial charge on any atom is 0.238 e. The zero-order chi connectivity index (χ0) is 19.4. The van der Waals surface area contributed by atoms with Gasteiger partial charge in [-0.05, 0) is 62.9 Å². The number of benzene rings is 1. The Labute approximate surface area is 162 Å². The molecule has 0 aliphatic carbocycles. The van der Waals surface area contributed by atoms with Gasteiger partial charge in [0.1, 0.15) is 0 Å². The van der Waals surface area contributed by atoms with Crippen LogP contribution in [0.2, 0.25) is 0 Å². The highest BCUT2D eigenvalue weighted by atomic mass is 16.2. The van der Waals surface area contributed by atoms with E-state index in [1.807, 2.05) is 13.0 Å². The minimum atomic E-state index is -0.00928. The quantitative estimate of drug-likeness (QED) is 0.862. The van der Waals surface area contributed by atoms with Gasteiger partial charge < -0.3 is 15.1 Å². The van der Waals surface area contributed by atoms with E-state index in [2.05, 4.69) is 27.2 Å². The molecule has 148 valence electrons. The second-order valence-electron chi connectivity index (χ2n) is 8.05. The summed E-state index contributed by atoms with van der Waals surface area (Å²) in [6, 6.07) is 6.27. The third-order valence-corrected chi connectivity index (χ3v) is 5.62. The number of hydrogen-bond acceptors (Lipinski definition) is 4. The zero-order valence-electron chi connectivity index (χ0n) is 16.8. The number of nitrogens with one attached hydrogen (secondary N) is 1. The van der Waals surface area contributed by atoms with E-state index in [4.69, 9.17) is 0 Å². The van der Waals surface area contributed by atoms with Crippen LogP contribution in [0.4, 0.5) is 11.4 Å². The van der Waals surface area contributed by atoms with Crippen LogP contribution in [0.25, 0.3) is 0 Å². The highest BCUT2D eigenvalue weighted by Crippen LogP contribution is 2.25. The Morgan fingerprint density at radius 3 is 2.56 bits per heavy atom. The monoisotopic (exact) mass is 372 g/mol. The molecule has 2 fully saturated rings. The number of likely N-dealkylation sites (tertiary alicyclic amines) is 1. The van der Waals surface area contributed by atoms with Crippen LogP contribution in [0.3, 0.4) is 0 Å². The molecular formula is C21H32N4O2. The van der Waals surface area contributed by atoms with Gasteiger partial charge in [0.2, 0.25) is 11.8 Å². The largest absolute Gasteiger partial charge is 0.372 e. The van der Waals surface area contributed by atoms with Crippen molar-refractivity contribution in [3.63, 3.8) is 0 Å². The van der Waals surface area contributed by atoms with E-state index in [-0.39, 0.29) is 17.7 Å². The van der Waals surface area contributed by atoms with Gasteiger partial charge in [-0.3, -0.25) is 14.5 Å². The van der Waals surface area contributed by atoms with Crippen molar-refractivity contribution in [2.24, 2.45) is 5.92 Å². The molecule has 1 unspecified atom stereocenters. The highest BCUT2D eigenvalue weighted by molar-refractivity contribution is 5.93. The topological polar surface area (TPSA) is 55.9 Å². The van der Waals surface area contributed by atoms with Crippen molar-refractivity contribution in [3.8, 4) is 0 Å². The van der Waals surface area contributed by atoms with Gasteiger partial charge in [-0.15, -0.1) is 0 Å². The van der Waals surface area contributed by atoms with Gasteiger partial charge >= 0.3 is 0 Å². The van der Waals surface area contributed by atoms with Crippen molar-refractivity contribution < 1.29 is 9.59 Å². The number of carbonyl (C=O) groups is 2. The van der Waals surface area contributed by atoms with Crippen molar-refractivity contribution in [2.75, 3.05) is 57.0 Å². The summed E-state index contributed by atoms with van der Waals surface area (Å²) in [7, 11) is 3.59. The second-order valence-corrected chi connectivity index (χ2v) is 8.05. The van der Waals surface area contributed by atoms with E-state index >= 15 is 0 Å². The molecule has 6 heteroatoms. The SMILES string of the molecule is Cc1cc(N2CCCC2)ccc1NC(=O)CN1CCCC(C(=O)N(C)C)C1. The van der Waals surface area contributed by atoms with Crippen molar-refractivity contribution in [1.29, 1.82) is 0 Å². The molecule has 2 aliphatic rings. The number of piperidine rings is 1. The lowest BCUT2D eigenvalue weighted by atomic mass is 9.97. The maximum absolute atomic E-state index is 12.5. The Bertz CT molecular complexity index is 683. The fourth-order valence-electron chi connectivity index (χ4n) is 4.12. The molecule has 0 bridgehead atoms. The summed E-state index contributed by atoms with van der Waals surface area (Å²) in [6.45, 7) is 6.15. The van der Waals surface area contributed by atoms with Crippen LogP contribution < -0.4 is 10.2 Å². The lowest BCUT2D eigenvalue weighted by Crippen LogP contribution is -2.45. The molecule has 2 amide bonds. The Kier molecular flexibility index (Phi) is 6.37. The van der Waals surface area contributed by atoms with Gasteiger partial charge in [0.25, 0.3) is 0 Å². The summed E-state index contributed by atoms with van der Waals surface area (Å²) in [6.07, 6.45) is 4.38. The molecule has 0 aromatic heterocycles. The molecule has 1 aromatic carbocycles. The third-order valence-electron chi connectivity index (χ3n) is 5.62. The number of hydrogen-bond donors (Lipinski definition) is 1. The summed E-state index contributed by atoms with van der Waals surface area (Å²) in [5.41, 5.74) is 3.21. The molecule has 1 atom stereocenters. The van der Waals surface area contributed by atoms with Crippen LogP contribution in [0.5, 0.6) is 0 Å². The number of anilines is 2. The summed E-state index contributed by atoms with van der Waals surface area (Å²) in [5, 5.41) is 3.05. The smallest absolute Gasteiger partial charge is 0.238 e. The number of carbonyl (C=O) groups excluding carboxylic acids is 2. The Morgan fingerprint density at radius 1 is 1.15 bits per heavy atom. The predicted octanol–water partition coefficient (Wildman–Crippen LogP) is 2.33. The Hall–Kier alpha value is -2.08. The molecule has 3 rings (SSSR count). The number of amides is 2. The minimum Gasteiger partial charge on any atom is -0.372 e. The Balaban J connectivity index is 1.55. The van der Waals surface area contributed by atoms with E-state index in [0.717, 1.165) is 43.7 Å². The van der Waals surface area contributed by atoms with E-state index < -0.39 is 0 Å². The van der Waals surface area contributed by atoms with Gasteiger partial charge in [0, 0.05) is 45.1 Å². The van der Waals surface area contributed by atoms with Crippen LogP contribution in [-0.2, 0) is 9.59 Å². The van der Waals surface area contributed by atoms with Crippen LogP contribution in [0.1, 0.15) is 31.2 Å². The fraction of sp³-hybridized carbons (Fsp3) is 0.619. The summed E-state index contributed by atoms with van der Waals surface area (Å²) < 4.78 is 0. The normalized spacial score (nSPS) is 20.6.